The summed E-state index contributed by atoms with van der Waals surface area (Å²) in [7, 11) is 0. The van der Waals surface area contributed by atoms with Gasteiger partial charge < -0.3 is 8.83 Å². The summed E-state index contributed by atoms with van der Waals surface area (Å²) in [6, 6.07) is 95.1. The molecule has 2 spiro atoms. The van der Waals surface area contributed by atoms with Crippen molar-refractivity contribution < 1.29 is 8.83 Å². The van der Waals surface area contributed by atoms with Gasteiger partial charge in [0.15, 0.2) is 0 Å². The van der Waals surface area contributed by atoms with Crippen molar-refractivity contribution in [3.8, 4) is 66.8 Å². The highest BCUT2D eigenvalue weighted by atomic mass is 16.3. The quantitative estimate of drug-likeness (QED) is 0.161. The number of furan rings is 2. The van der Waals surface area contributed by atoms with Gasteiger partial charge in [0.25, 0.3) is 0 Å². The molecule has 0 saturated carbocycles. The van der Waals surface area contributed by atoms with Crippen LogP contribution in [0.4, 0.5) is 0 Å². The molecule has 358 valence electrons. The molecule has 2 heterocycles. The van der Waals surface area contributed by atoms with E-state index in [1.54, 1.807) is 0 Å². The van der Waals surface area contributed by atoms with E-state index < -0.39 is 10.8 Å². The van der Waals surface area contributed by atoms with E-state index in [0.717, 1.165) is 44.2 Å². The van der Waals surface area contributed by atoms with Crippen LogP contribution in [-0.4, -0.2) is 0 Å². The third kappa shape index (κ3) is 4.76. The lowest BCUT2D eigenvalue weighted by molar-refractivity contribution is 0.668. The van der Waals surface area contributed by atoms with Gasteiger partial charge in [0.2, 0.25) is 0 Å². The van der Waals surface area contributed by atoms with E-state index in [0.29, 0.717) is 0 Å². The van der Waals surface area contributed by atoms with Crippen molar-refractivity contribution in [1.82, 2.24) is 0 Å². The maximum absolute atomic E-state index is 7.04. The number of hydrogen-bond donors (Lipinski definition) is 0. The molecule has 2 heteroatoms. The molecule has 0 fully saturated rings. The molecule has 0 aliphatic heterocycles. The number of hydrogen-bond acceptors (Lipinski definition) is 2. The van der Waals surface area contributed by atoms with Gasteiger partial charge in [-0.25, -0.2) is 0 Å². The van der Waals surface area contributed by atoms with E-state index in [1.165, 1.54) is 132 Å². The first-order valence-corrected chi connectivity index (χ1v) is 27.2. The highest BCUT2D eigenvalue weighted by molar-refractivity contribution is 6.24. The van der Waals surface area contributed by atoms with Crippen molar-refractivity contribution >= 4 is 65.4 Å². The summed E-state index contributed by atoms with van der Waals surface area (Å²) < 4.78 is 13.9. The smallest absolute Gasteiger partial charge is 0.136 e. The predicted octanol–water partition coefficient (Wildman–Crippen LogP) is 19.8. The Labute approximate surface area is 448 Å². The molecule has 4 aliphatic rings. The van der Waals surface area contributed by atoms with Crippen molar-refractivity contribution in [2.75, 3.05) is 0 Å². The minimum absolute atomic E-state index is 0.421. The van der Waals surface area contributed by atoms with Crippen LogP contribution in [0.15, 0.2) is 264 Å². The van der Waals surface area contributed by atoms with Crippen LogP contribution in [-0.2, 0) is 10.8 Å². The largest absolute Gasteiger partial charge is 0.456 e. The van der Waals surface area contributed by atoms with Gasteiger partial charge in [0.05, 0.1) is 10.8 Å². The topological polar surface area (TPSA) is 26.3 Å². The third-order valence-electron chi connectivity index (χ3n) is 18.7. The maximum Gasteiger partial charge on any atom is 0.136 e. The Kier molecular flexibility index (Phi) is 7.65. The monoisotopic (exact) mass is 986 g/mol. The van der Waals surface area contributed by atoms with E-state index >= 15 is 0 Å². The van der Waals surface area contributed by atoms with Gasteiger partial charge in [-0.15, -0.1) is 0 Å². The van der Waals surface area contributed by atoms with E-state index in [2.05, 4.69) is 255 Å². The summed E-state index contributed by atoms with van der Waals surface area (Å²) in [5, 5.41) is 9.40. The van der Waals surface area contributed by atoms with Gasteiger partial charge >= 0.3 is 0 Å². The molecule has 2 aromatic heterocycles. The Morgan fingerprint density at radius 3 is 0.987 bits per heavy atom. The zero-order valence-electron chi connectivity index (χ0n) is 42.1. The van der Waals surface area contributed by atoms with Crippen LogP contribution in [0.25, 0.3) is 132 Å². The van der Waals surface area contributed by atoms with Crippen LogP contribution in [0.3, 0.4) is 0 Å². The van der Waals surface area contributed by atoms with Crippen LogP contribution < -0.4 is 0 Å². The van der Waals surface area contributed by atoms with Gasteiger partial charge in [0.1, 0.15) is 22.3 Å². The summed E-state index contributed by atoms with van der Waals surface area (Å²) in [6.07, 6.45) is 0. The summed E-state index contributed by atoms with van der Waals surface area (Å²) in [5.74, 6) is 0. The lowest BCUT2D eigenvalue weighted by atomic mass is 9.70. The average Bonchev–Trinajstić information content (AvgIpc) is 3.33. The van der Waals surface area contributed by atoms with Gasteiger partial charge in [-0.05, 0) is 169 Å². The van der Waals surface area contributed by atoms with Gasteiger partial charge in [-0.2, -0.15) is 0 Å². The first-order valence-electron chi connectivity index (χ1n) is 27.2. The molecule has 0 atom stereocenters. The Balaban J connectivity index is 0.814. The maximum atomic E-state index is 7.04. The van der Waals surface area contributed by atoms with Crippen LogP contribution >= 0.6 is 0 Å². The standard InChI is InChI=1S/C76H42O2/c1-3-23-51-49(21-1)69(43-34-38-65-56(41-43)74-67(77-65)40-37-64-72(74)54-26-10-16-32-62(54)76(64)59-29-13-7-19-47(59)48-20-8-14-30-60(48)76)50-22-2-4-24-52(50)70(51)44-33-35-55-68(42-44)78-66-39-36-63-71(73(55)66)53-25-9-15-31-61(53)75(63)57-27-11-5-17-45(57)46-18-6-12-28-58(46)75/h1-42H. The van der Waals surface area contributed by atoms with Crippen molar-refractivity contribution in [2.45, 2.75) is 10.8 Å². The van der Waals surface area contributed by atoms with Crippen LogP contribution in [0, 0.1) is 0 Å². The van der Waals surface area contributed by atoms with Crippen molar-refractivity contribution in [2.24, 2.45) is 0 Å². The second-order valence-corrected chi connectivity index (χ2v) is 22.0. The first-order chi connectivity index (χ1) is 38.7. The molecule has 19 rings (SSSR count). The highest BCUT2D eigenvalue weighted by Gasteiger charge is 2.54. The van der Waals surface area contributed by atoms with Crippen molar-refractivity contribution in [3.05, 3.63) is 299 Å². The average molecular weight is 987 g/mol. The van der Waals surface area contributed by atoms with E-state index in [1.807, 2.05) is 0 Å². The summed E-state index contributed by atoms with van der Waals surface area (Å²) in [6.45, 7) is 0. The fourth-order valence-electron chi connectivity index (χ4n) is 16.0. The van der Waals surface area contributed by atoms with Gasteiger partial charge in [-0.1, -0.05) is 218 Å². The molecule has 0 radical (unpaired) electrons. The fraction of sp³-hybridized carbons (Fsp3) is 0.0263. The Morgan fingerprint density at radius 2 is 0.538 bits per heavy atom. The summed E-state index contributed by atoms with van der Waals surface area (Å²) in [4.78, 5) is 0. The molecular formula is C76H42O2. The first kappa shape index (κ1) is 41.3. The van der Waals surface area contributed by atoms with E-state index in [-0.39, 0.29) is 0 Å². The zero-order chi connectivity index (χ0) is 50.6. The molecule has 0 bridgehead atoms. The number of fused-ring (bicyclic) bond motifs is 30. The lowest BCUT2D eigenvalue weighted by Gasteiger charge is -2.30. The normalized spacial score (nSPS) is 14.4. The van der Waals surface area contributed by atoms with Gasteiger partial charge in [0, 0.05) is 21.5 Å². The molecule has 0 N–H and O–H groups in total. The molecule has 78 heavy (non-hydrogen) atoms. The van der Waals surface area contributed by atoms with E-state index in [9.17, 15) is 0 Å². The minimum Gasteiger partial charge on any atom is -0.456 e. The third-order valence-corrected chi connectivity index (χ3v) is 18.7. The molecule has 13 aromatic carbocycles. The van der Waals surface area contributed by atoms with Crippen LogP contribution in [0.1, 0.15) is 44.5 Å². The second-order valence-electron chi connectivity index (χ2n) is 22.0. The number of rotatable bonds is 2. The molecule has 4 aliphatic carbocycles. The van der Waals surface area contributed by atoms with E-state index in [4.69, 9.17) is 8.83 Å². The molecule has 0 saturated heterocycles. The zero-order valence-corrected chi connectivity index (χ0v) is 42.1. The minimum atomic E-state index is -0.439. The van der Waals surface area contributed by atoms with Gasteiger partial charge in [-0.3, -0.25) is 0 Å². The summed E-state index contributed by atoms with van der Waals surface area (Å²) >= 11 is 0. The summed E-state index contributed by atoms with van der Waals surface area (Å²) in [5.41, 5.74) is 28.4. The van der Waals surface area contributed by atoms with Crippen molar-refractivity contribution in [3.63, 3.8) is 0 Å². The fourth-order valence-corrected chi connectivity index (χ4v) is 16.0. The highest BCUT2D eigenvalue weighted by Crippen LogP contribution is 2.66. The lowest BCUT2D eigenvalue weighted by Crippen LogP contribution is -2.25. The molecule has 0 amide bonds. The number of benzene rings is 13. The molecule has 2 nitrogen and oxygen atoms in total. The van der Waals surface area contributed by atoms with Crippen LogP contribution in [0.2, 0.25) is 0 Å². The second kappa shape index (κ2) is 14.5. The Hall–Kier alpha value is -10.0. The Morgan fingerprint density at radius 1 is 0.205 bits per heavy atom. The van der Waals surface area contributed by atoms with Crippen molar-refractivity contribution in [1.29, 1.82) is 0 Å². The predicted molar refractivity (Wildman–Crippen MR) is 319 cm³/mol. The Bertz CT molecular complexity index is 5080. The molecule has 0 unspecified atom stereocenters. The molecule has 15 aromatic rings. The SMILES string of the molecule is c1ccc2c(c1)-c1ccccc1C21c2ccccc2-c2c1ccc1oc3cc(-c4c5ccccc5c(-c5ccc6oc7ccc8c(c7c6c5)-c5ccccc5C85c6ccccc6-c6ccccc65)c5ccccc45)ccc3c21. The molecular weight excluding hydrogens is 945 g/mol. The van der Waals surface area contributed by atoms with Crippen LogP contribution in [0.5, 0.6) is 0 Å².